The second-order valence-corrected chi connectivity index (χ2v) is 7.82. The number of ether oxygens (including phenoxy) is 2. The monoisotopic (exact) mass is 411 g/mol. The molecule has 30 heavy (non-hydrogen) atoms. The molecule has 0 aliphatic carbocycles. The Balaban J connectivity index is 1.76. The molecule has 1 atom stereocenters. The second kappa shape index (κ2) is 8.99. The van der Waals surface area contributed by atoms with Crippen molar-refractivity contribution in [1.29, 1.82) is 0 Å². The summed E-state index contributed by atoms with van der Waals surface area (Å²) in [5, 5.41) is 14.3. The summed E-state index contributed by atoms with van der Waals surface area (Å²) in [7, 11) is 0. The Bertz CT molecular complexity index is 998. The van der Waals surface area contributed by atoms with Gasteiger partial charge in [0, 0.05) is 36.8 Å². The number of hydrogen-bond acceptors (Lipinski definition) is 7. The molecule has 2 aromatic heterocycles. The van der Waals surface area contributed by atoms with E-state index in [-0.39, 0.29) is 13.2 Å². The molecular formula is C22H29N5O3. The van der Waals surface area contributed by atoms with Crippen molar-refractivity contribution in [2.45, 2.75) is 25.9 Å². The van der Waals surface area contributed by atoms with Crippen LogP contribution < -0.4 is 15.4 Å². The number of nitrogens with two attached hydrogens (primary N) is 1. The third-order valence-electron chi connectivity index (χ3n) is 5.28. The van der Waals surface area contributed by atoms with E-state index in [1.54, 1.807) is 0 Å². The number of aromatic nitrogens is 3. The summed E-state index contributed by atoms with van der Waals surface area (Å²) in [4.78, 5) is 7.24. The number of anilines is 1. The molecule has 3 aromatic rings. The molecule has 0 radical (unpaired) electrons. The van der Waals surface area contributed by atoms with Crippen LogP contribution in [-0.4, -0.2) is 65.3 Å². The molecule has 8 nitrogen and oxygen atoms in total. The third-order valence-corrected chi connectivity index (χ3v) is 5.28. The van der Waals surface area contributed by atoms with Gasteiger partial charge in [-0.25, -0.2) is 4.98 Å². The highest BCUT2D eigenvalue weighted by atomic mass is 16.5. The number of aliphatic hydroxyl groups excluding tert-OH is 1. The van der Waals surface area contributed by atoms with Gasteiger partial charge in [0.15, 0.2) is 5.65 Å². The van der Waals surface area contributed by atoms with Crippen LogP contribution in [0.3, 0.4) is 0 Å². The average Bonchev–Trinajstić information content (AvgIpc) is 3.22. The lowest BCUT2D eigenvalue weighted by atomic mass is 10.1. The van der Waals surface area contributed by atoms with Crippen LogP contribution in [0.4, 0.5) is 5.82 Å². The summed E-state index contributed by atoms with van der Waals surface area (Å²) in [6.45, 7) is 7.65. The lowest BCUT2D eigenvalue weighted by Gasteiger charge is -2.29. The Morgan fingerprint density at radius 1 is 1.23 bits per heavy atom. The molecule has 3 heterocycles. The number of hydrogen-bond donors (Lipinski definition) is 2. The molecule has 4 rings (SSSR count). The quantitative estimate of drug-likeness (QED) is 0.614. The van der Waals surface area contributed by atoms with Crippen LogP contribution in [0.5, 0.6) is 5.75 Å². The summed E-state index contributed by atoms with van der Waals surface area (Å²) < 4.78 is 13.2. The maximum absolute atomic E-state index is 9.68. The lowest BCUT2D eigenvalue weighted by Crippen LogP contribution is -2.37. The van der Waals surface area contributed by atoms with Crippen molar-refractivity contribution >= 4 is 11.5 Å². The first kappa shape index (κ1) is 20.6. The van der Waals surface area contributed by atoms with Crippen LogP contribution in [0.1, 0.15) is 25.3 Å². The number of nitrogens with zero attached hydrogens (tertiary/aromatic N) is 4. The Morgan fingerprint density at radius 3 is 2.77 bits per heavy atom. The molecular weight excluding hydrogens is 382 g/mol. The van der Waals surface area contributed by atoms with Gasteiger partial charge in [0.05, 0.1) is 25.1 Å². The van der Waals surface area contributed by atoms with Crippen LogP contribution >= 0.6 is 0 Å². The van der Waals surface area contributed by atoms with Gasteiger partial charge in [-0.05, 0) is 18.1 Å². The van der Waals surface area contributed by atoms with E-state index in [9.17, 15) is 5.11 Å². The van der Waals surface area contributed by atoms with E-state index in [1.807, 2.05) is 35.0 Å². The maximum atomic E-state index is 9.68. The normalized spacial score (nSPS) is 15.7. The molecule has 0 saturated carbocycles. The topological polar surface area (TPSA) is 98.1 Å². The first-order chi connectivity index (χ1) is 14.6. The molecule has 1 fully saturated rings. The standard InChI is InChI=1S/C22H29N5O3/c1-15(2)19-13-24-27-21(26-6-8-29-9-7-26)11-20(25-22(19)27)16-4-3-5-18(10-16)30-14-17(28)12-23/h3-5,10-11,13,15,17,28H,6-9,12,14,23H2,1-2H3/t17-/m1/s1. The van der Waals surface area contributed by atoms with Crippen LogP contribution in [0.15, 0.2) is 36.5 Å². The van der Waals surface area contributed by atoms with Crippen LogP contribution in [-0.2, 0) is 4.74 Å². The van der Waals surface area contributed by atoms with E-state index >= 15 is 0 Å². The SMILES string of the molecule is CC(C)c1cnn2c(N3CCOCC3)cc(-c3cccc(OC[C@H](O)CN)c3)nc12. The Morgan fingerprint density at radius 2 is 2.03 bits per heavy atom. The fourth-order valence-corrected chi connectivity index (χ4v) is 3.54. The molecule has 1 aliphatic heterocycles. The number of rotatable bonds is 7. The number of morpholine rings is 1. The minimum atomic E-state index is -0.684. The minimum Gasteiger partial charge on any atom is -0.491 e. The summed E-state index contributed by atoms with van der Waals surface area (Å²) in [6.07, 6.45) is 1.23. The van der Waals surface area contributed by atoms with Gasteiger partial charge in [0.25, 0.3) is 0 Å². The molecule has 1 aromatic carbocycles. The predicted octanol–water partition coefficient (Wildman–Crippen LogP) is 2.05. The summed E-state index contributed by atoms with van der Waals surface area (Å²) in [5.41, 5.74) is 9.25. The van der Waals surface area contributed by atoms with Gasteiger partial charge in [0.1, 0.15) is 24.3 Å². The third kappa shape index (κ3) is 4.26. The van der Waals surface area contributed by atoms with Gasteiger partial charge in [-0.3, -0.25) is 0 Å². The largest absolute Gasteiger partial charge is 0.491 e. The first-order valence-electron chi connectivity index (χ1n) is 10.4. The molecule has 160 valence electrons. The summed E-state index contributed by atoms with van der Waals surface area (Å²) in [5.74, 6) is 2.00. The number of benzene rings is 1. The van der Waals surface area contributed by atoms with Crippen LogP contribution in [0, 0.1) is 0 Å². The molecule has 1 saturated heterocycles. The van der Waals surface area contributed by atoms with Gasteiger partial charge in [-0.15, -0.1) is 0 Å². The highest BCUT2D eigenvalue weighted by Gasteiger charge is 2.20. The molecule has 0 spiro atoms. The highest BCUT2D eigenvalue weighted by Crippen LogP contribution is 2.30. The van der Waals surface area contributed by atoms with E-state index in [2.05, 4.69) is 29.9 Å². The molecule has 1 aliphatic rings. The van der Waals surface area contributed by atoms with Gasteiger partial charge in [-0.2, -0.15) is 9.61 Å². The zero-order valence-electron chi connectivity index (χ0n) is 17.5. The maximum Gasteiger partial charge on any atom is 0.161 e. The van der Waals surface area contributed by atoms with Gasteiger partial charge >= 0.3 is 0 Å². The highest BCUT2D eigenvalue weighted by molar-refractivity contribution is 5.69. The zero-order chi connectivity index (χ0) is 21.1. The van der Waals surface area contributed by atoms with E-state index < -0.39 is 6.10 Å². The molecule has 0 amide bonds. The molecule has 8 heteroatoms. The van der Waals surface area contributed by atoms with Gasteiger partial charge in [-0.1, -0.05) is 26.0 Å². The summed E-state index contributed by atoms with van der Waals surface area (Å²) >= 11 is 0. The van der Waals surface area contributed by atoms with E-state index in [0.717, 1.165) is 41.4 Å². The van der Waals surface area contributed by atoms with E-state index in [1.165, 1.54) is 0 Å². The average molecular weight is 412 g/mol. The predicted molar refractivity (Wildman–Crippen MR) is 116 cm³/mol. The van der Waals surface area contributed by atoms with Crippen molar-refractivity contribution in [2.24, 2.45) is 5.73 Å². The van der Waals surface area contributed by atoms with E-state index in [0.29, 0.717) is 24.9 Å². The van der Waals surface area contributed by atoms with Crippen molar-refractivity contribution in [3.63, 3.8) is 0 Å². The summed E-state index contributed by atoms with van der Waals surface area (Å²) in [6, 6.07) is 9.82. The van der Waals surface area contributed by atoms with Gasteiger partial charge in [0.2, 0.25) is 0 Å². The fraction of sp³-hybridized carbons (Fsp3) is 0.455. The Labute approximate surface area is 176 Å². The fourth-order valence-electron chi connectivity index (χ4n) is 3.54. The number of fused-ring (bicyclic) bond motifs is 1. The molecule has 0 unspecified atom stereocenters. The molecule has 0 bridgehead atoms. The smallest absolute Gasteiger partial charge is 0.161 e. The van der Waals surface area contributed by atoms with Crippen molar-refractivity contribution in [3.8, 4) is 17.0 Å². The Hall–Kier alpha value is -2.68. The Kier molecular flexibility index (Phi) is 6.17. The lowest BCUT2D eigenvalue weighted by molar-refractivity contribution is 0.114. The zero-order valence-corrected chi connectivity index (χ0v) is 17.5. The van der Waals surface area contributed by atoms with Crippen molar-refractivity contribution < 1.29 is 14.6 Å². The van der Waals surface area contributed by atoms with Crippen molar-refractivity contribution in [3.05, 3.63) is 42.1 Å². The van der Waals surface area contributed by atoms with Gasteiger partial charge < -0.3 is 25.2 Å². The van der Waals surface area contributed by atoms with Crippen LogP contribution in [0.2, 0.25) is 0 Å². The number of aliphatic hydroxyl groups is 1. The van der Waals surface area contributed by atoms with Crippen LogP contribution in [0.25, 0.3) is 16.9 Å². The van der Waals surface area contributed by atoms with E-state index in [4.69, 9.17) is 20.2 Å². The van der Waals surface area contributed by atoms with Crippen molar-refractivity contribution in [2.75, 3.05) is 44.4 Å². The second-order valence-electron chi connectivity index (χ2n) is 7.82. The van der Waals surface area contributed by atoms with Crippen molar-refractivity contribution in [1.82, 2.24) is 14.6 Å². The minimum absolute atomic E-state index is 0.158. The first-order valence-corrected chi connectivity index (χ1v) is 10.4. The molecule has 3 N–H and O–H groups in total.